The molecule has 4 rings (SSSR count). The van der Waals surface area contributed by atoms with Gasteiger partial charge in [-0.1, -0.05) is 36.4 Å². The summed E-state index contributed by atoms with van der Waals surface area (Å²) in [5.41, 5.74) is 1.37. The number of piperidine rings is 1. The van der Waals surface area contributed by atoms with E-state index in [4.69, 9.17) is 0 Å². The van der Waals surface area contributed by atoms with Gasteiger partial charge in [-0.15, -0.1) is 0 Å². The second-order valence-electron chi connectivity index (χ2n) is 7.70. The van der Waals surface area contributed by atoms with Gasteiger partial charge in [0.2, 0.25) is 21.8 Å². The van der Waals surface area contributed by atoms with Crippen LogP contribution in [0.4, 0.5) is 5.69 Å². The van der Waals surface area contributed by atoms with Gasteiger partial charge in [-0.25, -0.2) is 8.42 Å². The maximum Gasteiger partial charge on any atom is 0.243 e. The molecule has 1 atom stereocenters. The van der Waals surface area contributed by atoms with E-state index in [-0.39, 0.29) is 29.8 Å². The molecule has 9 heteroatoms. The molecule has 2 amide bonds. The van der Waals surface area contributed by atoms with E-state index in [1.165, 1.54) is 4.31 Å². The van der Waals surface area contributed by atoms with Crippen molar-refractivity contribution in [3.63, 3.8) is 0 Å². The number of anilines is 1. The summed E-state index contributed by atoms with van der Waals surface area (Å²) in [4.78, 5) is 29.4. The molecule has 166 valence electrons. The van der Waals surface area contributed by atoms with E-state index in [2.05, 4.69) is 15.6 Å². The number of hydrogen-bond acceptors (Lipinski definition) is 5. The maximum atomic E-state index is 12.8. The first kappa shape index (κ1) is 21.9. The van der Waals surface area contributed by atoms with Crippen molar-refractivity contribution in [2.45, 2.75) is 17.7 Å². The highest BCUT2D eigenvalue weighted by Gasteiger charge is 2.33. The first-order chi connectivity index (χ1) is 15.4. The van der Waals surface area contributed by atoms with E-state index < -0.39 is 15.9 Å². The van der Waals surface area contributed by atoms with Crippen molar-refractivity contribution in [2.24, 2.45) is 5.92 Å². The van der Waals surface area contributed by atoms with Crippen LogP contribution in [0.25, 0.3) is 10.9 Å². The smallest absolute Gasteiger partial charge is 0.243 e. The number of amides is 2. The highest BCUT2D eigenvalue weighted by molar-refractivity contribution is 7.89. The number of pyridine rings is 1. The third-order valence-corrected chi connectivity index (χ3v) is 7.31. The van der Waals surface area contributed by atoms with Crippen LogP contribution in [-0.2, 0) is 19.6 Å². The largest absolute Gasteiger partial charge is 0.347 e. The Bertz CT molecular complexity index is 1230. The van der Waals surface area contributed by atoms with Crippen molar-refractivity contribution in [3.05, 3.63) is 66.9 Å². The molecule has 1 saturated heterocycles. The van der Waals surface area contributed by atoms with Gasteiger partial charge in [0.05, 0.1) is 34.8 Å². The van der Waals surface area contributed by atoms with E-state index in [1.54, 1.807) is 36.5 Å². The summed E-state index contributed by atoms with van der Waals surface area (Å²) in [6, 6.07) is 17.6. The van der Waals surface area contributed by atoms with E-state index in [1.807, 2.05) is 30.3 Å². The number of fused-ring (bicyclic) bond motifs is 1. The summed E-state index contributed by atoms with van der Waals surface area (Å²) in [5.74, 6) is -1.21. The third kappa shape index (κ3) is 4.95. The average Bonchev–Trinajstić information content (AvgIpc) is 2.83. The fourth-order valence-corrected chi connectivity index (χ4v) is 5.32. The molecule has 2 N–H and O–H groups in total. The van der Waals surface area contributed by atoms with Gasteiger partial charge in [0.15, 0.2) is 0 Å². The fraction of sp³-hybridized carbons (Fsp3) is 0.261. The molecule has 1 aliphatic heterocycles. The number of sulfonamides is 1. The van der Waals surface area contributed by atoms with Gasteiger partial charge in [0, 0.05) is 18.5 Å². The standard InChI is InChI=1S/C23H24N4O4S/c28-22(26-19-13-17-7-4-5-11-21(17)24-14-19)15-25-23(29)18-8-6-12-27(16-18)32(30,31)20-9-2-1-3-10-20/h1-5,7,9-11,13-14,18H,6,8,12,15-16H2,(H,25,29)(H,26,28)/t18-/m0/s1. The lowest BCUT2D eigenvalue weighted by Crippen LogP contribution is -2.46. The van der Waals surface area contributed by atoms with Crippen LogP contribution in [0, 0.1) is 5.92 Å². The van der Waals surface area contributed by atoms with Gasteiger partial charge in [-0.05, 0) is 37.1 Å². The molecule has 0 spiro atoms. The van der Waals surface area contributed by atoms with Crippen molar-refractivity contribution in [2.75, 3.05) is 25.0 Å². The van der Waals surface area contributed by atoms with Gasteiger partial charge < -0.3 is 10.6 Å². The number of carbonyl (C=O) groups excluding carboxylic acids is 2. The highest BCUT2D eigenvalue weighted by atomic mass is 32.2. The zero-order valence-corrected chi connectivity index (χ0v) is 18.2. The van der Waals surface area contributed by atoms with E-state index in [0.29, 0.717) is 25.1 Å². The van der Waals surface area contributed by atoms with Crippen LogP contribution in [0.15, 0.2) is 71.8 Å². The predicted molar refractivity (Wildman–Crippen MR) is 121 cm³/mol. The molecule has 0 aliphatic carbocycles. The van der Waals surface area contributed by atoms with Crippen LogP contribution in [0.3, 0.4) is 0 Å². The van der Waals surface area contributed by atoms with E-state index in [0.717, 1.165) is 10.9 Å². The van der Waals surface area contributed by atoms with Crippen LogP contribution < -0.4 is 10.6 Å². The third-order valence-electron chi connectivity index (χ3n) is 5.43. The van der Waals surface area contributed by atoms with Crippen molar-refractivity contribution in [1.82, 2.24) is 14.6 Å². The van der Waals surface area contributed by atoms with Gasteiger partial charge in [0.1, 0.15) is 0 Å². The number of rotatable bonds is 6. The van der Waals surface area contributed by atoms with Gasteiger partial charge in [-0.3, -0.25) is 14.6 Å². The molecule has 2 heterocycles. The Balaban J connectivity index is 1.32. The number of para-hydroxylation sites is 1. The van der Waals surface area contributed by atoms with Crippen molar-refractivity contribution >= 4 is 38.4 Å². The first-order valence-corrected chi connectivity index (χ1v) is 11.8. The minimum absolute atomic E-state index is 0.0965. The number of hydrogen-bond donors (Lipinski definition) is 2. The number of nitrogens with zero attached hydrogens (tertiary/aromatic N) is 2. The minimum Gasteiger partial charge on any atom is -0.347 e. The summed E-state index contributed by atoms with van der Waals surface area (Å²) in [6.07, 6.45) is 2.72. The van der Waals surface area contributed by atoms with Crippen LogP contribution in [0.2, 0.25) is 0 Å². The van der Waals surface area contributed by atoms with Crippen LogP contribution in [0.1, 0.15) is 12.8 Å². The Morgan fingerprint density at radius 1 is 1.06 bits per heavy atom. The quantitative estimate of drug-likeness (QED) is 0.597. The molecule has 1 aliphatic rings. The second-order valence-corrected chi connectivity index (χ2v) is 9.64. The monoisotopic (exact) mass is 452 g/mol. The second kappa shape index (κ2) is 9.46. The Kier molecular flexibility index (Phi) is 6.48. The summed E-state index contributed by atoms with van der Waals surface area (Å²) >= 11 is 0. The molecular formula is C23H24N4O4S. The minimum atomic E-state index is -3.65. The Labute approximate surface area is 186 Å². The van der Waals surface area contributed by atoms with Crippen LogP contribution >= 0.6 is 0 Å². The number of benzene rings is 2. The lowest BCUT2D eigenvalue weighted by atomic mass is 9.99. The lowest BCUT2D eigenvalue weighted by molar-refractivity contribution is -0.128. The Morgan fingerprint density at radius 3 is 2.62 bits per heavy atom. The molecule has 0 radical (unpaired) electrons. The molecule has 0 saturated carbocycles. The molecule has 8 nitrogen and oxygen atoms in total. The van der Waals surface area contributed by atoms with Crippen LogP contribution in [-0.4, -0.2) is 49.2 Å². The summed E-state index contributed by atoms with van der Waals surface area (Å²) in [5, 5.41) is 6.25. The molecular weight excluding hydrogens is 428 g/mol. The lowest BCUT2D eigenvalue weighted by Gasteiger charge is -2.31. The van der Waals surface area contributed by atoms with Crippen molar-refractivity contribution in [1.29, 1.82) is 0 Å². The van der Waals surface area contributed by atoms with Crippen molar-refractivity contribution in [3.8, 4) is 0 Å². The van der Waals surface area contributed by atoms with Gasteiger partial charge >= 0.3 is 0 Å². The van der Waals surface area contributed by atoms with Crippen LogP contribution in [0.5, 0.6) is 0 Å². The Morgan fingerprint density at radius 2 is 1.81 bits per heavy atom. The summed E-state index contributed by atoms with van der Waals surface area (Å²) in [6.45, 7) is 0.267. The van der Waals surface area contributed by atoms with E-state index >= 15 is 0 Å². The molecule has 32 heavy (non-hydrogen) atoms. The fourth-order valence-electron chi connectivity index (χ4n) is 3.77. The normalized spacial score (nSPS) is 17.1. The van der Waals surface area contributed by atoms with Gasteiger partial charge in [-0.2, -0.15) is 4.31 Å². The topological polar surface area (TPSA) is 108 Å². The highest BCUT2D eigenvalue weighted by Crippen LogP contribution is 2.24. The number of nitrogens with one attached hydrogen (secondary N) is 2. The zero-order chi connectivity index (χ0) is 22.6. The average molecular weight is 453 g/mol. The molecule has 2 aromatic carbocycles. The molecule has 1 aromatic heterocycles. The molecule has 3 aromatic rings. The van der Waals surface area contributed by atoms with Crippen molar-refractivity contribution < 1.29 is 18.0 Å². The van der Waals surface area contributed by atoms with Gasteiger partial charge in [0.25, 0.3) is 0 Å². The molecule has 0 unspecified atom stereocenters. The zero-order valence-electron chi connectivity index (χ0n) is 17.4. The number of carbonyl (C=O) groups is 2. The number of aromatic nitrogens is 1. The summed E-state index contributed by atoms with van der Waals surface area (Å²) < 4.78 is 27.0. The molecule has 0 bridgehead atoms. The SMILES string of the molecule is O=C(CNC(=O)[C@H]1CCCN(S(=O)(=O)c2ccccc2)C1)Nc1cnc2ccccc2c1. The van der Waals surface area contributed by atoms with E-state index in [9.17, 15) is 18.0 Å². The summed E-state index contributed by atoms with van der Waals surface area (Å²) in [7, 11) is -3.65. The molecule has 1 fully saturated rings. The maximum absolute atomic E-state index is 12.8. The first-order valence-electron chi connectivity index (χ1n) is 10.4. The Hall–Kier alpha value is -3.30. The predicted octanol–water partition coefficient (Wildman–Crippen LogP) is 2.39.